The van der Waals surface area contributed by atoms with Gasteiger partial charge in [0.15, 0.2) is 0 Å². The first kappa shape index (κ1) is 14.7. The second-order valence-electron chi connectivity index (χ2n) is 2.95. The molecule has 0 amide bonds. The van der Waals surface area contributed by atoms with Crippen LogP contribution in [-0.4, -0.2) is 13.0 Å². The van der Waals surface area contributed by atoms with E-state index in [0.717, 1.165) is 12.1 Å². The van der Waals surface area contributed by atoms with Gasteiger partial charge in [-0.1, -0.05) is 0 Å². The molecule has 0 atom stereocenters. The molecule has 0 aliphatic carbocycles. The molecule has 0 heterocycles. The summed E-state index contributed by atoms with van der Waals surface area (Å²) in [6, 6.07) is 2.29. The van der Waals surface area contributed by atoms with Crippen LogP contribution in [0.25, 0.3) is 0 Å². The summed E-state index contributed by atoms with van der Waals surface area (Å²) in [6.07, 6.45) is 0. The molecule has 0 spiro atoms. The summed E-state index contributed by atoms with van der Waals surface area (Å²) >= 11 is 0. The van der Waals surface area contributed by atoms with E-state index in [4.69, 9.17) is 0 Å². The van der Waals surface area contributed by atoms with E-state index >= 15 is 0 Å². The Morgan fingerprint density at radius 1 is 1.20 bits per heavy atom. The third-order valence-corrected chi connectivity index (χ3v) is 2.66. The van der Waals surface area contributed by atoms with Crippen LogP contribution in [-0.2, 0) is 10.1 Å². The van der Waals surface area contributed by atoms with Gasteiger partial charge in [0.05, 0.1) is 4.90 Å². The average Bonchev–Trinajstić information content (AvgIpc) is 2.01. The Morgan fingerprint density at radius 3 is 1.87 bits per heavy atom. The minimum Gasteiger partial charge on any atom is -0.744 e. The number of rotatable bonds is 2. The number of benzene rings is 1. The third-order valence-electron chi connectivity index (χ3n) is 1.84. The van der Waals surface area contributed by atoms with Gasteiger partial charge in [0.1, 0.15) is 15.8 Å². The molecule has 1 aromatic rings. The number of hydrogen-bond donors (Lipinski definition) is 0. The SMILES string of the molecule is Cc1cc(S(=O)(=O)[O-])cc(C)c1N=O.[Na+]. The normalized spacial score (nSPS) is 10.6. The van der Waals surface area contributed by atoms with Gasteiger partial charge in [-0.05, 0) is 42.3 Å². The number of nitroso groups, excluding NO2 is 1. The van der Waals surface area contributed by atoms with Gasteiger partial charge in [-0.25, -0.2) is 8.42 Å². The molecule has 5 nitrogen and oxygen atoms in total. The first-order chi connectivity index (χ1) is 6.36. The summed E-state index contributed by atoms with van der Waals surface area (Å²) in [5.74, 6) is 0. The fourth-order valence-corrected chi connectivity index (χ4v) is 1.85. The van der Waals surface area contributed by atoms with Gasteiger partial charge < -0.3 is 4.55 Å². The monoisotopic (exact) mass is 237 g/mol. The van der Waals surface area contributed by atoms with Crippen LogP contribution in [0.2, 0.25) is 0 Å². The Hall–Kier alpha value is -0.270. The maximum absolute atomic E-state index is 10.7. The Balaban J connectivity index is 0.00000196. The van der Waals surface area contributed by atoms with Gasteiger partial charge in [-0.2, -0.15) is 0 Å². The van der Waals surface area contributed by atoms with Gasteiger partial charge >= 0.3 is 29.6 Å². The van der Waals surface area contributed by atoms with Crippen molar-refractivity contribution in [1.82, 2.24) is 0 Å². The molecule has 0 aliphatic rings. The van der Waals surface area contributed by atoms with E-state index in [1.54, 1.807) is 0 Å². The van der Waals surface area contributed by atoms with Crippen LogP contribution in [0.1, 0.15) is 11.1 Å². The summed E-state index contributed by atoms with van der Waals surface area (Å²) in [5, 5.41) is 2.75. The van der Waals surface area contributed by atoms with E-state index in [0.29, 0.717) is 11.1 Å². The van der Waals surface area contributed by atoms with Crippen LogP contribution in [0.5, 0.6) is 0 Å². The summed E-state index contributed by atoms with van der Waals surface area (Å²) in [7, 11) is -4.47. The summed E-state index contributed by atoms with van der Waals surface area (Å²) in [6.45, 7) is 3.05. The van der Waals surface area contributed by atoms with E-state index in [1.807, 2.05) is 0 Å². The van der Waals surface area contributed by atoms with Crippen LogP contribution in [0.3, 0.4) is 0 Å². The summed E-state index contributed by atoms with van der Waals surface area (Å²) < 4.78 is 32.0. The molecule has 7 heteroatoms. The molecule has 0 fully saturated rings. The Kier molecular flexibility index (Phi) is 5.08. The number of nitrogens with zero attached hydrogens (tertiary/aromatic N) is 1. The molecule has 15 heavy (non-hydrogen) atoms. The zero-order valence-electron chi connectivity index (χ0n) is 8.64. The molecule has 0 saturated carbocycles. The van der Waals surface area contributed by atoms with E-state index in [1.165, 1.54) is 13.8 Å². The van der Waals surface area contributed by atoms with Crippen LogP contribution >= 0.6 is 0 Å². The Morgan fingerprint density at radius 2 is 1.60 bits per heavy atom. The largest absolute Gasteiger partial charge is 1.00 e. The van der Waals surface area contributed by atoms with Crippen LogP contribution in [0.4, 0.5) is 5.69 Å². The van der Waals surface area contributed by atoms with Crippen LogP contribution in [0, 0.1) is 18.8 Å². The van der Waals surface area contributed by atoms with Crippen LogP contribution < -0.4 is 29.6 Å². The maximum Gasteiger partial charge on any atom is 1.00 e. The average molecular weight is 237 g/mol. The third kappa shape index (κ3) is 3.35. The smallest absolute Gasteiger partial charge is 0.744 e. The van der Waals surface area contributed by atoms with Crippen molar-refractivity contribution in [2.24, 2.45) is 5.18 Å². The Bertz CT molecular complexity index is 460. The molecule has 0 N–H and O–H groups in total. The van der Waals surface area contributed by atoms with Gasteiger partial charge in [0, 0.05) is 0 Å². The van der Waals surface area contributed by atoms with Crippen molar-refractivity contribution >= 4 is 15.8 Å². The van der Waals surface area contributed by atoms with Crippen molar-refractivity contribution in [3.8, 4) is 0 Å². The molecule has 0 aliphatic heterocycles. The van der Waals surface area contributed by atoms with Gasteiger partial charge in [-0.3, -0.25) is 0 Å². The predicted octanol–water partition coefficient (Wildman–Crippen LogP) is -1.39. The van der Waals surface area contributed by atoms with E-state index < -0.39 is 10.1 Å². The number of aryl methyl sites for hydroxylation is 2. The fourth-order valence-electron chi connectivity index (χ4n) is 1.20. The minimum atomic E-state index is -4.47. The molecule has 76 valence electrons. The molecular weight excluding hydrogens is 229 g/mol. The van der Waals surface area contributed by atoms with E-state index in [9.17, 15) is 17.9 Å². The van der Waals surface area contributed by atoms with Crippen molar-refractivity contribution in [3.63, 3.8) is 0 Å². The summed E-state index contributed by atoms with van der Waals surface area (Å²) in [5.41, 5.74) is 0.946. The molecule has 0 unspecified atom stereocenters. The zero-order chi connectivity index (χ0) is 10.9. The van der Waals surface area contributed by atoms with Gasteiger partial charge in [0.25, 0.3) is 0 Å². The molecule has 1 rings (SSSR count). The molecule has 1 aromatic carbocycles. The molecule has 0 bridgehead atoms. The standard InChI is InChI=1S/C8H9NO4S.Na/c1-5-3-7(14(11,12)13)4-6(2)8(5)9-10;/h3-4H,1-2H3,(H,11,12,13);/q;+1/p-1. The predicted molar refractivity (Wildman–Crippen MR) is 49.3 cm³/mol. The van der Waals surface area contributed by atoms with Crippen LogP contribution in [0.15, 0.2) is 22.2 Å². The fraction of sp³-hybridized carbons (Fsp3) is 0.250. The quantitative estimate of drug-likeness (QED) is 0.360. The zero-order valence-corrected chi connectivity index (χ0v) is 11.5. The Labute approximate surface area is 110 Å². The van der Waals surface area contributed by atoms with E-state index in [2.05, 4.69) is 5.18 Å². The summed E-state index contributed by atoms with van der Waals surface area (Å²) in [4.78, 5) is 10.00. The van der Waals surface area contributed by atoms with E-state index in [-0.39, 0.29) is 40.1 Å². The molecule has 0 aromatic heterocycles. The first-order valence-corrected chi connectivity index (χ1v) is 5.17. The second-order valence-corrected chi connectivity index (χ2v) is 4.33. The molecular formula is C8H8NNaO4S. The number of hydrogen-bond acceptors (Lipinski definition) is 5. The van der Waals surface area contributed by atoms with Crippen molar-refractivity contribution in [2.45, 2.75) is 18.7 Å². The topological polar surface area (TPSA) is 86.6 Å². The van der Waals surface area contributed by atoms with Gasteiger partial charge in [-0.15, -0.1) is 4.91 Å². The van der Waals surface area contributed by atoms with Crippen molar-refractivity contribution in [1.29, 1.82) is 0 Å². The van der Waals surface area contributed by atoms with Crippen molar-refractivity contribution in [2.75, 3.05) is 0 Å². The van der Waals surface area contributed by atoms with Gasteiger partial charge in [0.2, 0.25) is 0 Å². The van der Waals surface area contributed by atoms with Crippen molar-refractivity contribution in [3.05, 3.63) is 28.2 Å². The molecule has 0 saturated heterocycles. The molecule has 0 radical (unpaired) electrons. The van der Waals surface area contributed by atoms with Crippen molar-refractivity contribution < 1.29 is 42.5 Å². The maximum atomic E-state index is 10.7. The minimum absolute atomic E-state index is 0. The second kappa shape index (κ2) is 5.18. The first-order valence-electron chi connectivity index (χ1n) is 3.77.